The summed E-state index contributed by atoms with van der Waals surface area (Å²) in [5, 5.41) is 7.21. The van der Waals surface area contributed by atoms with Gasteiger partial charge < -0.3 is 10.1 Å². The number of hydrogen-bond donors (Lipinski definition) is 2. The number of carbonyl (C=O) groups excluding carboxylic acids is 1. The molecule has 0 spiro atoms. The lowest BCUT2D eigenvalue weighted by Crippen LogP contribution is -2.24. The zero-order chi connectivity index (χ0) is 18.9. The van der Waals surface area contributed by atoms with Crippen molar-refractivity contribution in [2.24, 2.45) is 5.10 Å². The molecule has 6 heteroatoms. The highest BCUT2D eigenvalue weighted by molar-refractivity contribution is 6.30. The average molecular weight is 380 g/mol. The number of carbonyl (C=O) groups is 1. The van der Waals surface area contributed by atoms with Gasteiger partial charge in [0.2, 0.25) is 0 Å². The molecule has 0 fully saturated rings. The van der Waals surface area contributed by atoms with Gasteiger partial charge in [0, 0.05) is 10.7 Å². The molecule has 0 heterocycles. The van der Waals surface area contributed by atoms with Crippen molar-refractivity contribution in [1.82, 2.24) is 5.43 Å². The molecule has 2 amide bonds. The fourth-order valence-electron chi connectivity index (χ4n) is 2.28. The van der Waals surface area contributed by atoms with E-state index in [2.05, 4.69) is 15.8 Å². The van der Waals surface area contributed by atoms with Crippen molar-refractivity contribution in [2.75, 3.05) is 5.32 Å². The summed E-state index contributed by atoms with van der Waals surface area (Å²) in [6, 6.07) is 23.8. The van der Waals surface area contributed by atoms with E-state index in [1.165, 1.54) is 0 Å². The molecular formula is C21H18ClN3O2. The summed E-state index contributed by atoms with van der Waals surface area (Å²) in [7, 11) is 0. The van der Waals surface area contributed by atoms with E-state index in [4.69, 9.17) is 16.3 Å². The molecule has 2 N–H and O–H groups in total. The van der Waals surface area contributed by atoms with Gasteiger partial charge in [-0.15, -0.1) is 0 Å². The summed E-state index contributed by atoms with van der Waals surface area (Å²) in [5.74, 6) is 0.730. The van der Waals surface area contributed by atoms with Gasteiger partial charge in [0.1, 0.15) is 12.4 Å². The molecular weight excluding hydrogens is 362 g/mol. The highest BCUT2D eigenvalue weighted by atomic mass is 35.5. The Kier molecular flexibility index (Phi) is 6.44. The molecule has 0 bridgehead atoms. The Balaban J connectivity index is 1.51. The molecule has 3 aromatic rings. The van der Waals surface area contributed by atoms with Crippen LogP contribution in [0.4, 0.5) is 10.5 Å². The molecule has 0 saturated carbocycles. The summed E-state index contributed by atoms with van der Waals surface area (Å²) in [4.78, 5) is 11.8. The number of ether oxygens (including phenoxy) is 1. The molecule has 0 saturated heterocycles. The zero-order valence-corrected chi connectivity index (χ0v) is 15.2. The third-order valence-electron chi connectivity index (χ3n) is 3.59. The smallest absolute Gasteiger partial charge is 0.339 e. The van der Waals surface area contributed by atoms with Crippen molar-refractivity contribution in [2.45, 2.75) is 6.61 Å². The zero-order valence-electron chi connectivity index (χ0n) is 14.4. The summed E-state index contributed by atoms with van der Waals surface area (Å²) < 4.78 is 5.78. The van der Waals surface area contributed by atoms with Crippen LogP contribution >= 0.6 is 11.6 Å². The van der Waals surface area contributed by atoms with Gasteiger partial charge in [0.25, 0.3) is 0 Å². The van der Waals surface area contributed by atoms with Crippen molar-refractivity contribution in [3.05, 3.63) is 95.0 Å². The maximum absolute atomic E-state index is 11.8. The number of nitrogens with zero attached hydrogens (tertiary/aromatic N) is 1. The molecule has 3 rings (SSSR count). The normalized spacial score (nSPS) is 10.6. The minimum atomic E-state index is -0.440. The summed E-state index contributed by atoms with van der Waals surface area (Å²) in [6.07, 6.45) is 1.55. The van der Waals surface area contributed by atoms with Crippen LogP contribution in [0.5, 0.6) is 5.75 Å². The van der Waals surface area contributed by atoms with Crippen LogP contribution in [0.25, 0.3) is 0 Å². The van der Waals surface area contributed by atoms with Crippen LogP contribution in [0.2, 0.25) is 5.02 Å². The lowest BCUT2D eigenvalue weighted by Gasteiger charge is -2.07. The Hall–Kier alpha value is -3.31. The second-order valence-corrected chi connectivity index (χ2v) is 6.11. The predicted octanol–water partition coefficient (Wildman–Crippen LogP) is 5.07. The number of hydrazone groups is 1. The summed E-state index contributed by atoms with van der Waals surface area (Å²) in [5.41, 5.74) is 4.95. The first-order chi connectivity index (χ1) is 13.2. The first-order valence-electron chi connectivity index (χ1n) is 8.31. The monoisotopic (exact) mass is 379 g/mol. The average Bonchev–Trinajstić information content (AvgIpc) is 2.69. The molecule has 0 aliphatic heterocycles. The first kappa shape index (κ1) is 18.5. The van der Waals surface area contributed by atoms with Gasteiger partial charge in [-0.25, -0.2) is 10.2 Å². The van der Waals surface area contributed by atoms with Gasteiger partial charge in [-0.2, -0.15) is 5.10 Å². The molecule has 0 aliphatic carbocycles. The third-order valence-corrected chi connectivity index (χ3v) is 3.84. The van der Waals surface area contributed by atoms with Crippen LogP contribution in [-0.2, 0) is 6.61 Å². The van der Waals surface area contributed by atoms with Crippen LogP contribution in [0.1, 0.15) is 11.1 Å². The fourth-order valence-corrected chi connectivity index (χ4v) is 2.41. The van der Waals surface area contributed by atoms with E-state index in [0.717, 1.165) is 16.9 Å². The Morgan fingerprint density at radius 2 is 1.78 bits per heavy atom. The Labute approximate surface area is 162 Å². The van der Waals surface area contributed by atoms with Crippen LogP contribution in [0.3, 0.4) is 0 Å². The SMILES string of the molecule is O=C(N/N=C\c1cccc(OCc2ccccc2)c1)Nc1ccc(Cl)cc1. The number of benzene rings is 3. The molecule has 0 unspecified atom stereocenters. The Bertz CT molecular complexity index is 912. The quantitative estimate of drug-likeness (QED) is 0.463. The maximum Gasteiger partial charge on any atom is 0.339 e. The topological polar surface area (TPSA) is 62.7 Å². The molecule has 136 valence electrons. The second-order valence-electron chi connectivity index (χ2n) is 5.68. The van der Waals surface area contributed by atoms with E-state index in [0.29, 0.717) is 17.3 Å². The van der Waals surface area contributed by atoms with Crippen molar-refractivity contribution >= 4 is 29.5 Å². The number of rotatable bonds is 6. The van der Waals surface area contributed by atoms with Crippen LogP contribution in [0, 0.1) is 0 Å². The van der Waals surface area contributed by atoms with Crippen LogP contribution < -0.4 is 15.5 Å². The molecule has 3 aromatic carbocycles. The lowest BCUT2D eigenvalue weighted by molar-refractivity contribution is 0.252. The van der Waals surface area contributed by atoms with Gasteiger partial charge in [-0.1, -0.05) is 54.1 Å². The molecule has 0 aliphatic rings. The Morgan fingerprint density at radius 3 is 2.56 bits per heavy atom. The minimum Gasteiger partial charge on any atom is -0.489 e. The highest BCUT2D eigenvalue weighted by Gasteiger charge is 2.00. The molecule has 0 radical (unpaired) electrons. The molecule has 27 heavy (non-hydrogen) atoms. The largest absolute Gasteiger partial charge is 0.489 e. The van der Waals surface area contributed by atoms with Crippen molar-refractivity contribution in [3.63, 3.8) is 0 Å². The van der Waals surface area contributed by atoms with E-state index in [-0.39, 0.29) is 0 Å². The number of urea groups is 1. The predicted molar refractivity (Wildman–Crippen MR) is 108 cm³/mol. The Morgan fingerprint density at radius 1 is 1.00 bits per heavy atom. The highest BCUT2D eigenvalue weighted by Crippen LogP contribution is 2.15. The second kappa shape index (κ2) is 9.40. The van der Waals surface area contributed by atoms with Crippen molar-refractivity contribution in [1.29, 1.82) is 0 Å². The fraction of sp³-hybridized carbons (Fsp3) is 0.0476. The molecule has 0 aromatic heterocycles. The van der Waals surface area contributed by atoms with E-state index >= 15 is 0 Å². The number of nitrogens with one attached hydrogen (secondary N) is 2. The van der Waals surface area contributed by atoms with E-state index < -0.39 is 6.03 Å². The third kappa shape index (κ3) is 6.17. The van der Waals surface area contributed by atoms with E-state index in [1.54, 1.807) is 30.5 Å². The van der Waals surface area contributed by atoms with E-state index in [9.17, 15) is 4.79 Å². The van der Waals surface area contributed by atoms with Gasteiger partial charge in [0.15, 0.2) is 0 Å². The van der Waals surface area contributed by atoms with E-state index in [1.807, 2.05) is 54.6 Å². The standard InChI is InChI=1S/C21H18ClN3O2/c22-18-9-11-19(12-10-18)24-21(26)25-23-14-17-7-4-8-20(13-17)27-15-16-5-2-1-3-6-16/h1-14H,15H2,(H2,24,25,26)/b23-14-. The van der Waals surface area contributed by atoms with Crippen molar-refractivity contribution < 1.29 is 9.53 Å². The number of amides is 2. The van der Waals surface area contributed by atoms with Crippen LogP contribution in [0.15, 0.2) is 84.0 Å². The maximum atomic E-state index is 11.8. The van der Waals surface area contributed by atoms with Crippen LogP contribution in [-0.4, -0.2) is 12.2 Å². The summed E-state index contributed by atoms with van der Waals surface area (Å²) >= 11 is 5.81. The first-order valence-corrected chi connectivity index (χ1v) is 8.69. The van der Waals surface area contributed by atoms with Gasteiger partial charge in [-0.05, 0) is 47.5 Å². The summed E-state index contributed by atoms with van der Waals surface area (Å²) in [6.45, 7) is 0.489. The van der Waals surface area contributed by atoms with Gasteiger partial charge in [-0.3, -0.25) is 0 Å². The number of hydrogen-bond acceptors (Lipinski definition) is 3. The van der Waals surface area contributed by atoms with Gasteiger partial charge >= 0.3 is 6.03 Å². The molecule has 0 atom stereocenters. The molecule has 5 nitrogen and oxygen atoms in total. The van der Waals surface area contributed by atoms with Gasteiger partial charge in [0.05, 0.1) is 6.21 Å². The number of halogens is 1. The van der Waals surface area contributed by atoms with Crippen molar-refractivity contribution in [3.8, 4) is 5.75 Å². The lowest BCUT2D eigenvalue weighted by atomic mass is 10.2. The minimum absolute atomic E-state index is 0.440. The number of anilines is 1.